The summed E-state index contributed by atoms with van der Waals surface area (Å²) >= 11 is 0. The molecule has 0 fully saturated rings. The van der Waals surface area contributed by atoms with Gasteiger partial charge in [0.15, 0.2) is 0 Å². The van der Waals surface area contributed by atoms with Crippen molar-refractivity contribution in [2.75, 3.05) is 0 Å². The average Bonchev–Trinajstić information content (AvgIpc) is 3.57. The van der Waals surface area contributed by atoms with E-state index >= 15 is 0 Å². The smallest absolute Gasteiger partial charge is 0.0435 e. The van der Waals surface area contributed by atoms with Gasteiger partial charge in [-0.15, -0.1) is 0 Å². The molecule has 11 aromatic carbocycles. The maximum Gasteiger partial charge on any atom is 0.0435 e. The third-order valence-corrected chi connectivity index (χ3v) is 13.3. The van der Waals surface area contributed by atoms with Gasteiger partial charge in [-0.2, -0.15) is 0 Å². The number of fused-ring (bicyclic) bond motifs is 8. The molecule has 0 aromatic heterocycles. The minimum Gasteiger partial charge on any atom is -0.0622 e. The first kappa shape index (κ1) is 34.5. The van der Waals surface area contributed by atoms with Gasteiger partial charge in [-0.1, -0.05) is 200 Å². The number of benzene rings is 11. The van der Waals surface area contributed by atoms with E-state index in [0.29, 0.717) is 0 Å². The van der Waals surface area contributed by atoms with Gasteiger partial charge in [0.05, 0.1) is 0 Å². The summed E-state index contributed by atoms with van der Waals surface area (Å²) in [5.74, 6) is 0. The van der Waals surface area contributed by atoms with Gasteiger partial charge < -0.3 is 0 Å². The van der Waals surface area contributed by atoms with Crippen LogP contribution in [0.5, 0.6) is 0 Å². The van der Waals surface area contributed by atoms with Crippen LogP contribution in [-0.4, -0.2) is 0 Å². The summed E-state index contributed by atoms with van der Waals surface area (Å²) in [6.45, 7) is 2.42. The van der Waals surface area contributed by atoms with E-state index in [-0.39, 0.29) is 5.41 Å². The maximum absolute atomic E-state index is 2.47. The molecule has 0 aliphatic heterocycles. The normalized spacial score (nSPS) is 14.5. The molecule has 0 amide bonds. The second kappa shape index (κ2) is 13.5. The van der Waals surface area contributed by atoms with Crippen molar-refractivity contribution in [1.29, 1.82) is 0 Å². The highest BCUT2D eigenvalue weighted by Gasteiger charge is 2.41. The third kappa shape index (κ3) is 5.17. The summed E-state index contributed by atoms with van der Waals surface area (Å²) < 4.78 is 0. The van der Waals surface area contributed by atoms with Crippen LogP contribution in [0.2, 0.25) is 0 Å². The van der Waals surface area contributed by atoms with Gasteiger partial charge in [0.2, 0.25) is 0 Å². The van der Waals surface area contributed by atoms with Gasteiger partial charge >= 0.3 is 0 Å². The second-order valence-electron chi connectivity index (χ2n) is 16.5. The Morgan fingerprint density at radius 1 is 0.283 bits per heavy atom. The molecule has 0 heteroatoms. The highest BCUT2D eigenvalue weighted by Crippen LogP contribution is 2.55. The molecular weight excluding hydrogens is 721 g/mol. The summed E-state index contributed by atoms with van der Waals surface area (Å²) in [5, 5.41) is 10.1. The van der Waals surface area contributed by atoms with E-state index < -0.39 is 0 Å². The van der Waals surface area contributed by atoms with Crippen LogP contribution in [0.25, 0.3) is 98.7 Å². The van der Waals surface area contributed by atoms with Crippen molar-refractivity contribution in [2.24, 2.45) is 0 Å². The van der Waals surface area contributed by atoms with Crippen LogP contribution in [0.15, 0.2) is 224 Å². The summed E-state index contributed by atoms with van der Waals surface area (Å²) in [5.41, 5.74) is 16.2. The Balaban J connectivity index is 1.12. The van der Waals surface area contributed by atoms with Gasteiger partial charge in [0, 0.05) is 5.41 Å². The Morgan fingerprint density at radius 3 is 1.53 bits per heavy atom. The van der Waals surface area contributed by atoms with E-state index in [2.05, 4.69) is 231 Å². The summed E-state index contributed by atoms with van der Waals surface area (Å²) in [4.78, 5) is 0. The first-order valence-corrected chi connectivity index (χ1v) is 21.0. The highest BCUT2D eigenvalue weighted by molar-refractivity contribution is 6.28. The molecule has 1 atom stereocenters. The topological polar surface area (TPSA) is 0 Å². The number of rotatable bonds is 5. The van der Waals surface area contributed by atoms with Crippen molar-refractivity contribution in [1.82, 2.24) is 0 Å². The van der Waals surface area contributed by atoms with E-state index in [4.69, 9.17) is 0 Å². The SMILES string of the molecule is CC1(c2ccccc2)c2cc(-c3ccc(-c4c5ccccc5c(-c5ccccc5)c5c4ccc4ccccc45)c(-c4ccccc4)c3)ccc2-c2cc3ccccc3cc21. The molecule has 0 N–H and O–H groups in total. The fourth-order valence-corrected chi connectivity index (χ4v) is 10.4. The quantitative estimate of drug-likeness (QED) is 0.121. The summed E-state index contributed by atoms with van der Waals surface area (Å²) in [7, 11) is 0. The summed E-state index contributed by atoms with van der Waals surface area (Å²) in [6, 6.07) is 83.5. The van der Waals surface area contributed by atoms with Crippen LogP contribution >= 0.6 is 0 Å². The molecular formula is C60H40. The van der Waals surface area contributed by atoms with Gasteiger partial charge in [-0.05, 0) is 147 Å². The Bertz CT molecular complexity index is 3470. The third-order valence-electron chi connectivity index (χ3n) is 13.3. The van der Waals surface area contributed by atoms with Crippen LogP contribution in [-0.2, 0) is 5.41 Å². The molecule has 1 unspecified atom stereocenters. The molecule has 12 rings (SSSR count). The molecule has 0 spiro atoms. The Morgan fingerprint density at radius 2 is 0.817 bits per heavy atom. The standard InChI is InChI=1S/C60H40/c1-60(46-24-9-4-10-25-46)55-38-45(30-32-48(55)54-36-42-22-11-12-23-43(42)37-56(54)60)44-31-33-51(53(35-44)39-17-5-2-6-18-39)58-50-28-16-15-27-49(50)57(41-20-7-3-8-21-41)59-47-26-14-13-19-40(47)29-34-52(58)59/h2-38H,1H3. The molecule has 60 heavy (non-hydrogen) atoms. The van der Waals surface area contributed by atoms with Gasteiger partial charge in [0.25, 0.3) is 0 Å². The fraction of sp³-hybridized carbons (Fsp3) is 0.0333. The average molecular weight is 761 g/mol. The molecule has 0 saturated carbocycles. The monoisotopic (exact) mass is 760 g/mol. The Hall–Kier alpha value is -7.54. The Labute approximate surface area is 350 Å². The van der Waals surface area contributed by atoms with Crippen LogP contribution < -0.4 is 0 Å². The van der Waals surface area contributed by atoms with E-state index in [1.807, 2.05) is 0 Å². The second-order valence-corrected chi connectivity index (χ2v) is 16.5. The first-order valence-electron chi connectivity index (χ1n) is 21.0. The van der Waals surface area contributed by atoms with Crippen molar-refractivity contribution >= 4 is 43.1 Å². The van der Waals surface area contributed by atoms with Gasteiger partial charge in [-0.3, -0.25) is 0 Å². The molecule has 0 saturated heterocycles. The molecule has 1 aliphatic carbocycles. The lowest BCUT2D eigenvalue weighted by Gasteiger charge is -2.29. The van der Waals surface area contributed by atoms with Crippen molar-refractivity contribution in [3.05, 3.63) is 241 Å². The predicted molar refractivity (Wildman–Crippen MR) is 256 cm³/mol. The predicted octanol–water partition coefficient (Wildman–Crippen LogP) is 16.3. The van der Waals surface area contributed by atoms with E-state index in [1.54, 1.807) is 0 Å². The minimum atomic E-state index is -0.310. The number of hydrogen-bond donors (Lipinski definition) is 0. The zero-order chi connectivity index (χ0) is 39.8. The zero-order valence-corrected chi connectivity index (χ0v) is 33.4. The molecule has 0 nitrogen and oxygen atoms in total. The molecule has 11 aromatic rings. The van der Waals surface area contributed by atoms with Crippen LogP contribution in [0, 0.1) is 0 Å². The first-order chi connectivity index (χ1) is 29.6. The lowest BCUT2D eigenvalue weighted by molar-refractivity contribution is 0.715. The zero-order valence-electron chi connectivity index (χ0n) is 33.4. The van der Waals surface area contributed by atoms with E-state index in [0.717, 1.165) is 0 Å². The lowest BCUT2D eigenvalue weighted by atomic mass is 9.73. The van der Waals surface area contributed by atoms with Crippen molar-refractivity contribution in [3.63, 3.8) is 0 Å². The highest BCUT2D eigenvalue weighted by atomic mass is 14.4. The molecule has 0 bridgehead atoms. The largest absolute Gasteiger partial charge is 0.0622 e. The minimum absolute atomic E-state index is 0.310. The molecule has 0 radical (unpaired) electrons. The molecule has 0 heterocycles. The van der Waals surface area contributed by atoms with Crippen LogP contribution in [0.1, 0.15) is 23.6 Å². The molecule has 1 aliphatic rings. The van der Waals surface area contributed by atoms with Crippen LogP contribution in [0.3, 0.4) is 0 Å². The molecule has 280 valence electrons. The van der Waals surface area contributed by atoms with Crippen LogP contribution in [0.4, 0.5) is 0 Å². The lowest BCUT2D eigenvalue weighted by Crippen LogP contribution is -2.22. The van der Waals surface area contributed by atoms with E-state index in [9.17, 15) is 0 Å². The van der Waals surface area contributed by atoms with E-state index in [1.165, 1.54) is 115 Å². The van der Waals surface area contributed by atoms with Crippen molar-refractivity contribution < 1.29 is 0 Å². The van der Waals surface area contributed by atoms with Gasteiger partial charge in [0.1, 0.15) is 0 Å². The van der Waals surface area contributed by atoms with Crippen molar-refractivity contribution in [3.8, 4) is 55.6 Å². The maximum atomic E-state index is 2.47. The summed E-state index contributed by atoms with van der Waals surface area (Å²) in [6.07, 6.45) is 0. The van der Waals surface area contributed by atoms with Crippen molar-refractivity contribution in [2.45, 2.75) is 12.3 Å². The van der Waals surface area contributed by atoms with Gasteiger partial charge in [-0.25, -0.2) is 0 Å². The number of hydrogen-bond acceptors (Lipinski definition) is 0. The Kier molecular flexibility index (Phi) is 7.77. The fourth-order valence-electron chi connectivity index (χ4n) is 10.4.